The Labute approximate surface area is 138 Å². The van der Waals surface area contributed by atoms with Crippen LogP contribution in [0.1, 0.15) is 30.1 Å². The van der Waals surface area contributed by atoms with Gasteiger partial charge in [-0.3, -0.25) is 19.7 Å². The van der Waals surface area contributed by atoms with E-state index in [0.717, 1.165) is 6.42 Å². The predicted octanol–water partition coefficient (Wildman–Crippen LogP) is 3.59. The molecule has 124 valence electrons. The summed E-state index contributed by atoms with van der Waals surface area (Å²) in [5, 5.41) is 16.3. The highest BCUT2D eigenvalue weighted by atomic mass is 16.6. The van der Waals surface area contributed by atoms with E-state index in [1.54, 1.807) is 30.3 Å². The number of nitro groups is 1. The number of nitrogens with zero attached hydrogens (tertiary/aromatic N) is 1. The van der Waals surface area contributed by atoms with E-state index in [0.29, 0.717) is 17.8 Å². The van der Waals surface area contributed by atoms with Crippen LogP contribution >= 0.6 is 0 Å². The van der Waals surface area contributed by atoms with Crippen LogP contribution in [-0.2, 0) is 4.79 Å². The fourth-order valence-electron chi connectivity index (χ4n) is 2.11. The summed E-state index contributed by atoms with van der Waals surface area (Å²) in [5.74, 6) is -0.640. The Morgan fingerprint density at radius 3 is 2.17 bits per heavy atom. The molecule has 0 fully saturated rings. The van der Waals surface area contributed by atoms with E-state index < -0.39 is 10.8 Å². The van der Waals surface area contributed by atoms with Gasteiger partial charge in [0, 0.05) is 23.9 Å². The number of anilines is 2. The minimum atomic E-state index is -0.596. The summed E-state index contributed by atoms with van der Waals surface area (Å²) in [6.07, 6.45) is 1.20. The molecule has 0 saturated heterocycles. The smallest absolute Gasteiger partial charge is 0.282 e. The fraction of sp³-hybridized carbons (Fsp3) is 0.176. The monoisotopic (exact) mass is 327 g/mol. The van der Waals surface area contributed by atoms with Gasteiger partial charge in [0.1, 0.15) is 5.56 Å². The number of hydrogen-bond donors (Lipinski definition) is 2. The zero-order valence-electron chi connectivity index (χ0n) is 13.1. The molecule has 0 aliphatic carbocycles. The van der Waals surface area contributed by atoms with Gasteiger partial charge >= 0.3 is 0 Å². The number of amides is 2. The molecular formula is C17H17N3O4. The predicted molar refractivity (Wildman–Crippen MR) is 91.0 cm³/mol. The molecule has 0 unspecified atom stereocenters. The Balaban J connectivity index is 2.07. The van der Waals surface area contributed by atoms with Crippen molar-refractivity contribution in [2.24, 2.45) is 0 Å². The summed E-state index contributed by atoms with van der Waals surface area (Å²) in [5.41, 5.74) is 0.838. The second kappa shape index (κ2) is 7.87. The van der Waals surface area contributed by atoms with Crippen molar-refractivity contribution in [1.29, 1.82) is 0 Å². The summed E-state index contributed by atoms with van der Waals surface area (Å²) in [6.45, 7) is 1.92. The molecule has 24 heavy (non-hydrogen) atoms. The van der Waals surface area contributed by atoms with E-state index in [-0.39, 0.29) is 17.2 Å². The highest BCUT2D eigenvalue weighted by Gasteiger charge is 2.19. The van der Waals surface area contributed by atoms with Crippen LogP contribution in [0.25, 0.3) is 0 Å². The molecule has 0 saturated carbocycles. The Hall–Kier alpha value is -3.22. The van der Waals surface area contributed by atoms with Crippen LogP contribution in [0.3, 0.4) is 0 Å². The number of rotatable bonds is 6. The first kappa shape index (κ1) is 17.1. The Morgan fingerprint density at radius 2 is 1.58 bits per heavy atom. The molecule has 0 bridgehead atoms. The lowest BCUT2D eigenvalue weighted by molar-refractivity contribution is -0.385. The standard InChI is InChI=1S/C17H17N3O4/c1-2-5-16(21)18-12-8-10-13(11-9-12)19-17(22)14-6-3-4-7-15(14)20(23)24/h3-4,6-11H,2,5H2,1H3,(H,18,21)(H,19,22). The maximum Gasteiger partial charge on any atom is 0.282 e. The third kappa shape index (κ3) is 4.39. The zero-order valence-corrected chi connectivity index (χ0v) is 13.1. The van der Waals surface area contributed by atoms with Crippen LogP contribution in [0, 0.1) is 10.1 Å². The Morgan fingerprint density at radius 1 is 1.00 bits per heavy atom. The molecule has 2 aromatic carbocycles. The highest BCUT2D eigenvalue weighted by molar-refractivity contribution is 6.07. The molecule has 0 heterocycles. The molecular weight excluding hydrogens is 310 g/mol. The van der Waals surface area contributed by atoms with Gasteiger partial charge in [0.2, 0.25) is 5.91 Å². The number of carbonyl (C=O) groups excluding carboxylic acids is 2. The average molecular weight is 327 g/mol. The maximum atomic E-state index is 12.2. The van der Waals surface area contributed by atoms with Crippen LogP contribution in [0.4, 0.5) is 17.1 Å². The maximum absolute atomic E-state index is 12.2. The molecule has 2 rings (SSSR count). The van der Waals surface area contributed by atoms with E-state index in [4.69, 9.17) is 0 Å². The molecule has 2 N–H and O–H groups in total. The van der Waals surface area contributed by atoms with Crippen molar-refractivity contribution in [3.8, 4) is 0 Å². The summed E-state index contributed by atoms with van der Waals surface area (Å²) in [7, 11) is 0. The Kier molecular flexibility index (Phi) is 5.62. The Bertz CT molecular complexity index is 757. The van der Waals surface area contributed by atoms with Crippen molar-refractivity contribution < 1.29 is 14.5 Å². The molecule has 0 aliphatic rings. The lowest BCUT2D eigenvalue weighted by Crippen LogP contribution is -2.14. The number of benzene rings is 2. The summed E-state index contributed by atoms with van der Waals surface area (Å²) in [6, 6.07) is 12.3. The minimum absolute atomic E-state index is 0.0113. The van der Waals surface area contributed by atoms with Gasteiger partial charge in [-0.1, -0.05) is 19.1 Å². The first-order chi connectivity index (χ1) is 11.5. The van der Waals surface area contributed by atoms with E-state index in [2.05, 4.69) is 10.6 Å². The van der Waals surface area contributed by atoms with E-state index in [1.807, 2.05) is 6.92 Å². The number of nitrogens with one attached hydrogen (secondary N) is 2. The van der Waals surface area contributed by atoms with Crippen LogP contribution < -0.4 is 10.6 Å². The summed E-state index contributed by atoms with van der Waals surface area (Å²) >= 11 is 0. The van der Waals surface area contributed by atoms with E-state index >= 15 is 0 Å². The van der Waals surface area contributed by atoms with Crippen molar-refractivity contribution in [2.75, 3.05) is 10.6 Å². The van der Waals surface area contributed by atoms with Gasteiger partial charge in [-0.2, -0.15) is 0 Å². The number of carbonyl (C=O) groups is 2. The lowest BCUT2D eigenvalue weighted by atomic mass is 10.1. The van der Waals surface area contributed by atoms with Crippen molar-refractivity contribution >= 4 is 28.9 Å². The van der Waals surface area contributed by atoms with Gasteiger partial charge in [-0.05, 0) is 36.8 Å². The summed E-state index contributed by atoms with van der Waals surface area (Å²) < 4.78 is 0. The molecule has 7 nitrogen and oxygen atoms in total. The second-order valence-corrected chi connectivity index (χ2v) is 5.10. The third-order valence-electron chi connectivity index (χ3n) is 3.25. The molecule has 2 aromatic rings. The molecule has 2 amide bonds. The quantitative estimate of drug-likeness (QED) is 0.625. The van der Waals surface area contributed by atoms with Gasteiger partial charge < -0.3 is 10.6 Å². The molecule has 0 aromatic heterocycles. The molecule has 0 atom stereocenters. The van der Waals surface area contributed by atoms with Crippen LogP contribution in [0.5, 0.6) is 0 Å². The van der Waals surface area contributed by atoms with Crippen molar-refractivity contribution in [2.45, 2.75) is 19.8 Å². The van der Waals surface area contributed by atoms with Gasteiger partial charge in [0.15, 0.2) is 0 Å². The summed E-state index contributed by atoms with van der Waals surface area (Å²) in [4.78, 5) is 34.1. The third-order valence-corrected chi connectivity index (χ3v) is 3.25. The van der Waals surface area contributed by atoms with Gasteiger partial charge in [-0.25, -0.2) is 0 Å². The number of hydrogen-bond acceptors (Lipinski definition) is 4. The zero-order chi connectivity index (χ0) is 17.5. The fourth-order valence-corrected chi connectivity index (χ4v) is 2.11. The van der Waals surface area contributed by atoms with Crippen molar-refractivity contribution in [3.05, 3.63) is 64.2 Å². The first-order valence-electron chi connectivity index (χ1n) is 7.46. The van der Waals surface area contributed by atoms with Crippen molar-refractivity contribution in [3.63, 3.8) is 0 Å². The minimum Gasteiger partial charge on any atom is -0.326 e. The first-order valence-corrected chi connectivity index (χ1v) is 7.46. The SMILES string of the molecule is CCCC(=O)Nc1ccc(NC(=O)c2ccccc2[N+](=O)[O-])cc1. The van der Waals surface area contributed by atoms with Gasteiger partial charge in [0.05, 0.1) is 4.92 Å². The molecule has 0 aliphatic heterocycles. The highest BCUT2D eigenvalue weighted by Crippen LogP contribution is 2.20. The van der Waals surface area contributed by atoms with Crippen LogP contribution in [0.2, 0.25) is 0 Å². The van der Waals surface area contributed by atoms with Gasteiger partial charge in [0.25, 0.3) is 11.6 Å². The normalized spacial score (nSPS) is 10.0. The van der Waals surface area contributed by atoms with Crippen LogP contribution in [-0.4, -0.2) is 16.7 Å². The topological polar surface area (TPSA) is 101 Å². The largest absolute Gasteiger partial charge is 0.326 e. The van der Waals surface area contributed by atoms with Gasteiger partial charge in [-0.15, -0.1) is 0 Å². The van der Waals surface area contributed by atoms with Crippen molar-refractivity contribution in [1.82, 2.24) is 0 Å². The van der Waals surface area contributed by atoms with E-state index in [9.17, 15) is 19.7 Å². The molecule has 0 radical (unpaired) electrons. The average Bonchev–Trinajstić information content (AvgIpc) is 2.56. The lowest BCUT2D eigenvalue weighted by Gasteiger charge is -2.08. The number of nitro benzene ring substituents is 1. The molecule has 0 spiro atoms. The number of para-hydroxylation sites is 1. The van der Waals surface area contributed by atoms with Crippen LogP contribution in [0.15, 0.2) is 48.5 Å². The van der Waals surface area contributed by atoms with E-state index in [1.165, 1.54) is 18.2 Å². The second-order valence-electron chi connectivity index (χ2n) is 5.10. The molecule has 7 heteroatoms.